The lowest BCUT2D eigenvalue weighted by atomic mass is 10.1. The molecule has 1 amide bonds. The number of benzene rings is 2. The number of carboxylic acids is 1. The zero-order valence-electron chi connectivity index (χ0n) is 16.5. The van der Waals surface area contributed by atoms with Crippen LogP contribution in [0.3, 0.4) is 0 Å². The first-order valence-electron chi connectivity index (χ1n) is 9.00. The molecule has 8 nitrogen and oxygen atoms in total. The van der Waals surface area contributed by atoms with Crippen molar-refractivity contribution in [3.63, 3.8) is 0 Å². The minimum atomic E-state index is -5.08. The Morgan fingerprint density at radius 2 is 1.66 bits per heavy atom. The number of nitrogens with one attached hydrogen (secondary N) is 2. The first kappa shape index (κ1) is 26.2. The Morgan fingerprint density at radius 3 is 2.06 bits per heavy atom. The molecule has 32 heavy (non-hydrogen) atoms. The molecule has 1 fully saturated rings. The molecule has 1 saturated carbocycles. The molecule has 172 valence electrons. The van der Waals surface area contributed by atoms with Gasteiger partial charge in [-0.3, -0.25) is 0 Å². The lowest BCUT2D eigenvalue weighted by Gasteiger charge is -2.09. The molecule has 6 N–H and O–H groups in total. The summed E-state index contributed by atoms with van der Waals surface area (Å²) in [7, 11) is 0. The summed E-state index contributed by atoms with van der Waals surface area (Å²) in [5, 5.41) is 29.9. The Balaban J connectivity index is 0.000000381. The largest absolute Gasteiger partial charge is 0.490 e. The molecule has 0 aliphatic heterocycles. The van der Waals surface area contributed by atoms with Crippen molar-refractivity contribution in [1.29, 1.82) is 5.26 Å². The first-order chi connectivity index (χ1) is 14.9. The van der Waals surface area contributed by atoms with Gasteiger partial charge < -0.3 is 26.6 Å². The molecule has 0 radical (unpaired) electrons. The molecule has 2 aromatic rings. The number of halogens is 4. The van der Waals surface area contributed by atoms with Crippen molar-refractivity contribution in [2.75, 3.05) is 5.32 Å². The summed E-state index contributed by atoms with van der Waals surface area (Å²) in [5.41, 5.74) is 7.47. The van der Waals surface area contributed by atoms with Gasteiger partial charge in [-0.15, -0.1) is 0 Å². The Bertz CT molecular complexity index is 956. The van der Waals surface area contributed by atoms with E-state index in [-0.39, 0.29) is 12.1 Å². The number of carbonyl (C=O) groups is 2. The molecule has 0 unspecified atom stereocenters. The van der Waals surface area contributed by atoms with Gasteiger partial charge in [0, 0.05) is 18.3 Å². The highest BCUT2D eigenvalue weighted by Crippen LogP contribution is 2.21. The Labute approximate surface area is 180 Å². The molecule has 12 heteroatoms. The predicted octanol–water partition coefficient (Wildman–Crippen LogP) is 3.95. The number of anilines is 2. The van der Waals surface area contributed by atoms with Crippen LogP contribution in [0.15, 0.2) is 42.5 Å². The summed E-state index contributed by atoms with van der Waals surface area (Å²) in [4.78, 5) is 19.3. The van der Waals surface area contributed by atoms with Crippen molar-refractivity contribution in [3.05, 3.63) is 59.4 Å². The van der Waals surface area contributed by atoms with Gasteiger partial charge in [-0.25, -0.2) is 14.0 Å². The molecule has 1 aliphatic carbocycles. The summed E-state index contributed by atoms with van der Waals surface area (Å²) < 4.78 is 44.8. The SMILES string of the molecule is N#Cc1cc(F)ccc1Nc1ccc(CNC(=O)O)cc1.NC1CC1.O=C(O)C(F)(F)F. The van der Waals surface area contributed by atoms with Gasteiger partial charge in [0.1, 0.15) is 11.9 Å². The monoisotopic (exact) mass is 456 g/mol. The van der Waals surface area contributed by atoms with Crippen LogP contribution in [0.1, 0.15) is 24.0 Å². The van der Waals surface area contributed by atoms with Crippen molar-refractivity contribution >= 4 is 23.4 Å². The second kappa shape index (κ2) is 12.1. The van der Waals surface area contributed by atoms with Crippen molar-refractivity contribution in [1.82, 2.24) is 5.32 Å². The van der Waals surface area contributed by atoms with E-state index in [4.69, 9.17) is 26.0 Å². The van der Waals surface area contributed by atoms with E-state index in [9.17, 15) is 22.4 Å². The maximum Gasteiger partial charge on any atom is 0.490 e. The number of nitriles is 1. The quantitative estimate of drug-likeness (QED) is 0.438. The summed E-state index contributed by atoms with van der Waals surface area (Å²) in [6, 6.07) is 13.5. The van der Waals surface area contributed by atoms with Crippen LogP contribution in [0.2, 0.25) is 0 Å². The van der Waals surface area contributed by atoms with Gasteiger partial charge in [-0.05, 0) is 48.7 Å². The third-order valence-corrected chi connectivity index (χ3v) is 3.64. The average molecular weight is 456 g/mol. The molecule has 0 heterocycles. The summed E-state index contributed by atoms with van der Waals surface area (Å²) in [5.74, 6) is -3.22. The van der Waals surface area contributed by atoms with Crippen LogP contribution in [-0.2, 0) is 11.3 Å². The smallest absolute Gasteiger partial charge is 0.475 e. The third kappa shape index (κ3) is 10.8. The fourth-order valence-corrected chi connectivity index (χ4v) is 1.85. The van der Waals surface area contributed by atoms with Crippen LogP contribution in [0, 0.1) is 17.1 Å². The van der Waals surface area contributed by atoms with Crippen LogP contribution in [0.25, 0.3) is 0 Å². The summed E-state index contributed by atoms with van der Waals surface area (Å²) in [6.07, 6.45) is -3.64. The fraction of sp³-hybridized carbons (Fsp3) is 0.250. The van der Waals surface area contributed by atoms with E-state index in [0.717, 1.165) is 17.3 Å². The lowest BCUT2D eigenvalue weighted by Crippen LogP contribution is -2.21. The third-order valence-electron chi connectivity index (χ3n) is 3.64. The number of hydrogen-bond acceptors (Lipinski definition) is 5. The predicted molar refractivity (Wildman–Crippen MR) is 107 cm³/mol. The normalized spacial score (nSPS) is 12.1. The molecule has 0 saturated heterocycles. The second-order valence-corrected chi connectivity index (χ2v) is 6.42. The minimum absolute atomic E-state index is 0.214. The van der Waals surface area contributed by atoms with Gasteiger partial charge in [-0.1, -0.05) is 12.1 Å². The van der Waals surface area contributed by atoms with E-state index < -0.39 is 24.1 Å². The van der Waals surface area contributed by atoms with Crippen molar-refractivity contribution < 1.29 is 37.4 Å². The molecule has 2 aromatic carbocycles. The van der Waals surface area contributed by atoms with E-state index in [1.165, 1.54) is 25.0 Å². The van der Waals surface area contributed by atoms with Gasteiger partial charge in [0.2, 0.25) is 0 Å². The van der Waals surface area contributed by atoms with Crippen molar-refractivity contribution in [3.8, 4) is 6.07 Å². The van der Waals surface area contributed by atoms with Crippen LogP contribution in [-0.4, -0.2) is 34.5 Å². The zero-order chi connectivity index (χ0) is 24.3. The number of aliphatic carboxylic acids is 1. The van der Waals surface area contributed by atoms with E-state index in [2.05, 4.69) is 10.6 Å². The highest BCUT2D eigenvalue weighted by Gasteiger charge is 2.38. The van der Waals surface area contributed by atoms with Gasteiger partial charge >= 0.3 is 18.2 Å². The molecule has 0 spiro atoms. The first-order valence-corrected chi connectivity index (χ1v) is 9.00. The molecule has 0 bridgehead atoms. The van der Waals surface area contributed by atoms with Gasteiger partial charge in [0.15, 0.2) is 0 Å². The number of nitrogens with zero attached hydrogens (tertiary/aromatic N) is 1. The molecular formula is C20H20F4N4O4. The van der Waals surface area contributed by atoms with Gasteiger partial charge in [-0.2, -0.15) is 18.4 Å². The Hall–Kier alpha value is -3.85. The molecular weight excluding hydrogens is 436 g/mol. The molecule has 3 rings (SSSR count). The second-order valence-electron chi connectivity index (χ2n) is 6.42. The summed E-state index contributed by atoms with van der Waals surface area (Å²) in [6.45, 7) is 0.218. The highest BCUT2D eigenvalue weighted by molar-refractivity contribution is 5.73. The lowest BCUT2D eigenvalue weighted by molar-refractivity contribution is -0.192. The van der Waals surface area contributed by atoms with E-state index in [0.29, 0.717) is 11.7 Å². The molecule has 0 aromatic heterocycles. The fourth-order valence-electron chi connectivity index (χ4n) is 1.85. The highest BCUT2D eigenvalue weighted by atomic mass is 19.4. The molecule has 1 aliphatic rings. The van der Waals surface area contributed by atoms with Crippen LogP contribution in [0.4, 0.5) is 33.7 Å². The van der Waals surface area contributed by atoms with E-state index >= 15 is 0 Å². The number of nitrogens with two attached hydrogens (primary N) is 1. The number of carboxylic acid groups (broad SMARTS) is 2. The number of alkyl halides is 3. The Kier molecular flexibility index (Phi) is 9.91. The average Bonchev–Trinajstić information content (AvgIpc) is 3.51. The maximum absolute atomic E-state index is 13.0. The maximum atomic E-state index is 13.0. The van der Waals surface area contributed by atoms with Crippen LogP contribution in [0.5, 0.6) is 0 Å². The zero-order valence-corrected chi connectivity index (χ0v) is 16.5. The van der Waals surface area contributed by atoms with Gasteiger partial charge in [0.05, 0.1) is 11.3 Å². The topological polar surface area (TPSA) is 148 Å². The van der Waals surface area contributed by atoms with E-state index in [1.807, 2.05) is 6.07 Å². The van der Waals surface area contributed by atoms with Crippen molar-refractivity contribution in [2.45, 2.75) is 31.6 Å². The Morgan fingerprint density at radius 1 is 1.12 bits per heavy atom. The van der Waals surface area contributed by atoms with Gasteiger partial charge in [0.25, 0.3) is 0 Å². The number of rotatable bonds is 4. The molecule has 0 atom stereocenters. The minimum Gasteiger partial charge on any atom is -0.475 e. The number of amides is 1. The van der Waals surface area contributed by atoms with E-state index in [1.54, 1.807) is 24.3 Å². The summed E-state index contributed by atoms with van der Waals surface area (Å²) >= 11 is 0. The number of hydrogen-bond donors (Lipinski definition) is 5. The van der Waals surface area contributed by atoms with Crippen LogP contribution >= 0.6 is 0 Å². The van der Waals surface area contributed by atoms with Crippen molar-refractivity contribution in [2.24, 2.45) is 5.73 Å². The van der Waals surface area contributed by atoms with Crippen LogP contribution < -0.4 is 16.4 Å². The standard InChI is InChI=1S/C15H12FN3O2.C3H7N.C2HF3O2/c16-12-3-6-14(11(7-12)8-17)19-13-4-1-10(2-5-13)9-18-15(20)21;4-3-1-2-3;3-2(4,5)1(6)7/h1-7,18-19H,9H2,(H,20,21);3H,1-2,4H2;(H,6,7).